The van der Waals surface area contributed by atoms with Gasteiger partial charge in [0, 0.05) is 30.7 Å². The first kappa shape index (κ1) is 19.5. The van der Waals surface area contributed by atoms with Gasteiger partial charge in [-0.2, -0.15) is 0 Å². The molecule has 3 atom stereocenters. The minimum absolute atomic E-state index is 0. The van der Waals surface area contributed by atoms with Crippen LogP contribution in [0.25, 0.3) is 10.9 Å². The summed E-state index contributed by atoms with van der Waals surface area (Å²) >= 11 is 0. The van der Waals surface area contributed by atoms with Crippen LogP contribution < -0.4 is 10.6 Å². The minimum Gasteiger partial charge on any atom is -0.373 e. The van der Waals surface area contributed by atoms with E-state index in [1.165, 1.54) is 34.9 Å². The second-order valence-electron chi connectivity index (χ2n) is 7.12. The van der Waals surface area contributed by atoms with Gasteiger partial charge in [-0.3, -0.25) is 4.99 Å². The number of aromatic amines is 1. The molecule has 3 unspecified atom stereocenters. The summed E-state index contributed by atoms with van der Waals surface area (Å²) in [7, 11) is 1.84. The molecule has 2 aromatic rings. The molecule has 142 valence electrons. The van der Waals surface area contributed by atoms with Crippen molar-refractivity contribution in [3.05, 3.63) is 35.5 Å². The summed E-state index contributed by atoms with van der Waals surface area (Å²) in [5, 5.41) is 8.33. The molecule has 0 radical (unpaired) electrons. The Bertz CT molecular complexity index is 772. The SMILES string of the molecule is CCc1cccc2c(CCNC(=NC)NC3CC4CCC3O4)c[nH]c12.I. The highest BCUT2D eigenvalue weighted by Crippen LogP contribution is 2.34. The average molecular weight is 468 g/mol. The molecule has 1 aromatic carbocycles. The number of hydrogen-bond donors (Lipinski definition) is 3. The Kier molecular flexibility index (Phi) is 6.45. The highest BCUT2D eigenvalue weighted by Gasteiger charge is 2.41. The largest absolute Gasteiger partial charge is 0.373 e. The number of aromatic nitrogens is 1. The van der Waals surface area contributed by atoms with Crippen molar-refractivity contribution in [1.82, 2.24) is 15.6 Å². The second-order valence-corrected chi connectivity index (χ2v) is 7.12. The van der Waals surface area contributed by atoms with E-state index in [-0.39, 0.29) is 24.0 Å². The van der Waals surface area contributed by atoms with E-state index in [1.54, 1.807) is 0 Å². The van der Waals surface area contributed by atoms with Gasteiger partial charge >= 0.3 is 0 Å². The number of ether oxygens (including phenoxy) is 1. The van der Waals surface area contributed by atoms with Crippen molar-refractivity contribution >= 4 is 40.8 Å². The molecule has 4 rings (SSSR count). The van der Waals surface area contributed by atoms with E-state index in [4.69, 9.17) is 4.74 Å². The summed E-state index contributed by atoms with van der Waals surface area (Å²) in [4.78, 5) is 7.82. The van der Waals surface area contributed by atoms with E-state index in [2.05, 4.69) is 51.9 Å². The topological polar surface area (TPSA) is 61.4 Å². The van der Waals surface area contributed by atoms with Gasteiger partial charge in [-0.25, -0.2) is 0 Å². The number of halogens is 1. The summed E-state index contributed by atoms with van der Waals surface area (Å²) < 4.78 is 5.91. The van der Waals surface area contributed by atoms with Crippen LogP contribution in [0, 0.1) is 0 Å². The van der Waals surface area contributed by atoms with Gasteiger partial charge in [0.05, 0.1) is 18.2 Å². The van der Waals surface area contributed by atoms with E-state index < -0.39 is 0 Å². The van der Waals surface area contributed by atoms with Crippen LogP contribution in [-0.4, -0.2) is 42.8 Å². The lowest BCUT2D eigenvalue weighted by Crippen LogP contribution is -2.47. The number of hydrogen-bond acceptors (Lipinski definition) is 2. The first-order valence-electron chi connectivity index (χ1n) is 9.49. The fourth-order valence-corrected chi connectivity index (χ4v) is 4.25. The van der Waals surface area contributed by atoms with Crippen LogP contribution in [0.15, 0.2) is 29.4 Å². The molecule has 5 nitrogen and oxygen atoms in total. The number of fused-ring (bicyclic) bond motifs is 3. The third-order valence-electron chi connectivity index (χ3n) is 5.61. The van der Waals surface area contributed by atoms with E-state index in [1.807, 2.05) is 7.05 Å². The summed E-state index contributed by atoms with van der Waals surface area (Å²) in [6.45, 7) is 3.07. The van der Waals surface area contributed by atoms with Gasteiger partial charge in [0.15, 0.2) is 5.96 Å². The van der Waals surface area contributed by atoms with E-state index in [0.717, 1.165) is 31.8 Å². The van der Waals surface area contributed by atoms with Crippen molar-refractivity contribution in [3.63, 3.8) is 0 Å². The molecule has 0 amide bonds. The Morgan fingerprint density at radius 2 is 2.19 bits per heavy atom. The van der Waals surface area contributed by atoms with Crippen LogP contribution in [0.3, 0.4) is 0 Å². The van der Waals surface area contributed by atoms with Gasteiger partial charge in [-0.15, -0.1) is 24.0 Å². The fourth-order valence-electron chi connectivity index (χ4n) is 4.25. The third-order valence-corrected chi connectivity index (χ3v) is 5.61. The number of aryl methyl sites for hydroxylation is 1. The Balaban J connectivity index is 0.00000196. The molecule has 0 spiro atoms. The summed E-state index contributed by atoms with van der Waals surface area (Å²) in [5.41, 5.74) is 4.02. The molecule has 2 saturated heterocycles. The van der Waals surface area contributed by atoms with E-state index in [0.29, 0.717) is 18.2 Å². The fraction of sp³-hybridized carbons (Fsp3) is 0.550. The molecule has 3 N–H and O–H groups in total. The smallest absolute Gasteiger partial charge is 0.191 e. The first-order chi connectivity index (χ1) is 12.3. The van der Waals surface area contributed by atoms with Crippen LogP contribution in [0.2, 0.25) is 0 Å². The maximum absolute atomic E-state index is 5.91. The number of aliphatic imine (C=N–C) groups is 1. The molecule has 6 heteroatoms. The Hall–Kier alpha value is -1.28. The van der Waals surface area contributed by atoms with Crippen molar-refractivity contribution in [2.45, 2.75) is 57.3 Å². The van der Waals surface area contributed by atoms with Gasteiger partial charge in [-0.05, 0) is 43.2 Å². The Morgan fingerprint density at radius 1 is 1.31 bits per heavy atom. The molecule has 2 aliphatic rings. The summed E-state index contributed by atoms with van der Waals surface area (Å²) in [5.74, 6) is 0.884. The van der Waals surface area contributed by atoms with Crippen molar-refractivity contribution in [1.29, 1.82) is 0 Å². The highest BCUT2D eigenvalue weighted by atomic mass is 127. The number of guanidine groups is 1. The normalized spacial score (nSPS) is 24.7. The standard InChI is InChI=1S/C20H28N4O.HI/c1-3-13-5-4-6-16-14(12-23-19(13)16)9-10-22-20(21-2)24-17-11-15-7-8-18(17)25-15;/h4-6,12,15,17-18,23H,3,7-11H2,1-2H3,(H2,21,22,24);1H. The van der Waals surface area contributed by atoms with Crippen molar-refractivity contribution in [2.24, 2.45) is 4.99 Å². The molecule has 0 saturated carbocycles. The lowest BCUT2D eigenvalue weighted by Gasteiger charge is -2.22. The molecule has 0 aliphatic carbocycles. The Morgan fingerprint density at radius 3 is 2.88 bits per heavy atom. The molecule has 1 aromatic heterocycles. The maximum atomic E-state index is 5.91. The number of H-pyrrole nitrogens is 1. The zero-order valence-electron chi connectivity index (χ0n) is 15.5. The van der Waals surface area contributed by atoms with Crippen molar-refractivity contribution in [3.8, 4) is 0 Å². The van der Waals surface area contributed by atoms with E-state index in [9.17, 15) is 0 Å². The van der Waals surface area contributed by atoms with Crippen LogP contribution in [0.4, 0.5) is 0 Å². The molecule has 3 heterocycles. The molecular weight excluding hydrogens is 439 g/mol. The third kappa shape index (κ3) is 3.86. The average Bonchev–Trinajstić information content (AvgIpc) is 3.36. The van der Waals surface area contributed by atoms with Crippen LogP contribution >= 0.6 is 24.0 Å². The second kappa shape index (κ2) is 8.61. The van der Waals surface area contributed by atoms with E-state index >= 15 is 0 Å². The van der Waals surface area contributed by atoms with Crippen LogP contribution in [-0.2, 0) is 17.6 Å². The summed E-state index contributed by atoms with van der Waals surface area (Å²) in [6.07, 6.45) is 8.49. The van der Waals surface area contributed by atoms with Crippen molar-refractivity contribution in [2.75, 3.05) is 13.6 Å². The number of nitrogens with one attached hydrogen (secondary N) is 3. The molecular formula is C20H29IN4O. The lowest BCUT2D eigenvalue weighted by atomic mass is 9.96. The number of rotatable bonds is 5. The predicted molar refractivity (Wildman–Crippen MR) is 118 cm³/mol. The van der Waals surface area contributed by atoms with Crippen LogP contribution in [0.1, 0.15) is 37.3 Å². The Labute approximate surface area is 172 Å². The quantitative estimate of drug-likeness (QED) is 0.358. The number of para-hydroxylation sites is 1. The van der Waals surface area contributed by atoms with Gasteiger partial charge in [0.1, 0.15) is 0 Å². The monoisotopic (exact) mass is 468 g/mol. The maximum Gasteiger partial charge on any atom is 0.191 e. The molecule has 26 heavy (non-hydrogen) atoms. The summed E-state index contributed by atoms with van der Waals surface area (Å²) in [6, 6.07) is 6.97. The minimum atomic E-state index is 0. The molecule has 2 bridgehead atoms. The number of nitrogens with zero attached hydrogens (tertiary/aromatic N) is 1. The zero-order chi connectivity index (χ0) is 17.2. The lowest BCUT2D eigenvalue weighted by molar-refractivity contribution is 0.0992. The predicted octanol–water partition coefficient (Wildman–Crippen LogP) is 3.38. The number of benzene rings is 1. The van der Waals surface area contributed by atoms with Gasteiger partial charge in [0.2, 0.25) is 0 Å². The zero-order valence-corrected chi connectivity index (χ0v) is 17.9. The molecule has 2 fully saturated rings. The van der Waals surface area contributed by atoms with Gasteiger partial charge < -0.3 is 20.4 Å². The van der Waals surface area contributed by atoms with Crippen LogP contribution in [0.5, 0.6) is 0 Å². The molecule has 2 aliphatic heterocycles. The van der Waals surface area contributed by atoms with Crippen molar-refractivity contribution < 1.29 is 4.74 Å². The first-order valence-corrected chi connectivity index (χ1v) is 9.49. The van der Waals surface area contributed by atoms with Gasteiger partial charge in [0.25, 0.3) is 0 Å². The highest BCUT2D eigenvalue weighted by molar-refractivity contribution is 14.0. The van der Waals surface area contributed by atoms with Gasteiger partial charge in [-0.1, -0.05) is 25.1 Å².